The third-order valence-corrected chi connectivity index (χ3v) is 3.04. The van der Waals surface area contributed by atoms with Crippen LogP contribution in [0.3, 0.4) is 0 Å². The summed E-state index contributed by atoms with van der Waals surface area (Å²) in [6, 6.07) is 2.21. The van der Waals surface area contributed by atoms with Crippen molar-refractivity contribution in [2.24, 2.45) is 0 Å². The summed E-state index contributed by atoms with van der Waals surface area (Å²) >= 11 is 0. The monoisotopic (exact) mass is 222 g/mol. The fraction of sp³-hybridized carbons (Fsp3) is 0.636. The van der Waals surface area contributed by atoms with E-state index in [4.69, 9.17) is 0 Å². The van der Waals surface area contributed by atoms with E-state index in [-0.39, 0.29) is 5.91 Å². The standard InChI is InChI=1S/C11H18N4O/c1-8-6-10(14-13-8)11(16)15-5-3-4-9(7-15)12-2/h6,9,12H,3-5,7H2,1-2H3,(H,13,14). The lowest BCUT2D eigenvalue weighted by molar-refractivity contribution is 0.0692. The second-order valence-corrected chi connectivity index (χ2v) is 4.32. The van der Waals surface area contributed by atoms with Gasteiger partial charge in [-0.25, -0.2) is 0 Å². The molecular weight excluding hydrogens is 204 g/mol. The number of nitrogens with one attached hydrogen (secondary N) is 2. The van der Waals surface area contributed by atoms with Crippen molar-refractivity contribution in [3.63, 3.8) is 0 Å². The Morgan fingerprint density at radius 2 is 2.50 bits per heavy atom. The van der Waals surface area contributed by atoms with E-state index in [0.717, 1.165) is 31.6 Å². The highest BCUT2D eigenvalue weighted by molar-refractivity contribution is 5.92. The minimum absolute atomic E-state index is 0.0318. The topological polar surface area (TPSA) is 61.0 Å². The third-order valence-electron chi connectivity index (χ3n) is 3.04. The van der Waals surface area contributed by atoms with E-state index < -0.39 is 0 Å². The van der Waals surface area contributed by atoms with E-state index in [9.17, 15) is 4.79 Å². The lowest BCUT2D eigenvalue weighted by Crippen LogP contribution is -2.47. The van der Waals surface area contributed by atoms with Crippen LogP contribution in [0.2, 0.25) is 0 Å². The Kier molecular flexibility index (Phi) is 3.24. The first-order chi connectivity index (χ1) is 7.70. The van der Waals surface area contributed by atoms with Crippen molar-refractivity contribution in [3.05, 3.63) is 17.5 Å². The van der Waals surface area contributed by atoms with Gasteiger partial charge in [0.25, 0.3) is 5.91 Å². The molecule has 1 aliphatic rings. The number of carbonyl (C=O) groups is 1. The number of nitrogens with zero attached hydrogens (tertiary/aromatic N) is 2. The van der Waals surface area contributed by atoms with Crippen LogP contribution in [-0.2, 0) is 0 Å². The molecule has 0 spiro atoms. The van der Waals surface area contributed by atoms with Crippen LogP contribution in [0.1, 0.15) is 29.0 Å². The number of aryl methyl sites for hydroxylation is 1. The van der Waals surface area contributed by atoms with Crippen LogP contribution in [0, 0.1) is 6.92 Å². The molecular formula is C11H18N4O. The number of amides is 1. The molecule has 2 rings (SSSR count). The van der Waals surface area contributed by atoms with Gasteiger partial charge in [0.2, 0.25) is 0 Å². The van der Waals surface area contributed by atoms with E-state index in [1.165, 1.54) is 0 Å². The highest BCUT2D eigenvalue weighted by Gasteiger charge is 2.24. The van der Waals surface area contributed by atoms with Gasteiger partial charge < -0.3 is 10.2 Å². The average molecular weight is 222 g/mol. The zero-order valence-electron chi connectivity index (χ0n) is 9.79. The maximum absolute atomic E-state index is 12.1. The highest BCUT2D eigenvalue weighted by atomic mass is 16.2. The number of aromatic amines is 1. The molecule has 88 valence electrons. The predicted molar refractivity (Wildman–Crippen MR) is 61.3 cm³/mol. The molecule has 2 N–H and O–H groups in total. The predicted octanol–water partition coefficient (Wildman–Crippen LogP) is 0.542. The first-order valence-electron chi connectivity index (χ1n) is 5.69. The van der Waals surface area contributed by atoms with E-state index in [1.54, 1.807) is 6.07 Å². The van der Waals surface area contributed by atoms with Gasteiger partial charge in [0.05, 0.1) is 0 Å². The van der Waals surface area contributed by atoms with Crippen LogP contribution in [0.4, 0.5) is 0 Å². The molecule has 0 radical (unpaired) electrons. The molecule has 1 atom stereocenters. The van der Waals surface area contributed by atoms with Gasteiger partial charge in [-0.3, -0.25) is 9.89 Å². The minimum Gasteiger partial charge on any atom is -0.336 e. The fourth-order valence-electron chi connectivity index (χ4n) is 2.09. The Morgan fingerprint density at radius 1 is 1.69 bits per heavy atom. The molecule has 0 aromatic carbocycles. The van der Waals surface area contributed by atoms with E-state index in [0.29, 0.717) is 11.7 Å². The molecule has 1 aromatic heterocycles. The van der Waals surface area contributed by atoms with E-state index in [2.05, 4.69) is 15.5 Å². The number of likely N-dealkylation sites (tertiary alicyclic amines) is 1. The van der Waals surface area contributed by atoms with Gasteiger partial charge in [-0.1, -0.05) is 0 Å². The normalized spacial score (nSPS) is 21.1. The zero-order chi connectivity index (χ0) is 11.5. The first kappa shape index (κ1) is 11.1. The second-order valence-electron chi connectivity index (χ2n) is 4.32. The SMILES string of the molecule is CNC1CCCN(C(=O)c2cc(C)[nH]n2)C1. The number of aromatic nitrogens is 2. The largest absolute Gasteiger partial charge is 0.336 e. The van der Waals surface area contributed by atoms with Crippen molar-refractivity contribution < 1.29 is 4.79 Å². The minimum atomic E-state index is 0.0318. The Balaban J connectivity index is 2.04. The smallest absolute Gasteiger partial charge is 0.274 e. The summed E-state index contributed by atoms with van der Waals surface area (Å²) in [5.41, 5.74) is 1.44. The molecule has 0 bridgehead atoms. The average Bonchev–Trinajstić information content (AvgIpc) is 2.75. The van der Waals surface area contributed by atoms with Crippen molar-refractivity contribution >= 4 is 5.91 Å². The molecule has 1 amide bonds. The van der Waals surface area contributed by atoms with Crippen LogP contribution in [0.25, 0.3) is 0 Å². The second kappa shape index (κ2) is 4.65. The van der Waals surface area contributed by atoms with Crippen molar-refractivity contribution in [2.45, 2.75) is 25.8 Å². The highest BCUT2D eigenvalue weighted by Crippen LogP contribution is 2.12. The molecule has 1 fully saturated rings. The molecule has 1 unspecified atom stereocenters. The maximum Gasteiger partial charge on any atom is 0.274 e. The Labute approximate surface area is 95.2 Å². The summed E-state index contributed by atoms with van der Waals surface area (Å²) in [7, 11) is 1.94. The van der Waals surface area contributed by atoms with Crippen molar-refractivity contribution in [1.29, 1.82) is 0 Å². The van der Waals surface area contributed by atoms with Crippen LogP contribution >= 0.6 is 0 Å². The molecule has 0 aliphatic carbocycles. The van der Waals surface area contributed by atoms with Gasteiger partial charge in [-0.2, -0.15) is 5.10 Å². The number of H-pyrrole nitrogens is 1. The number of hydrogen-bond donors (Lipinski definition) is 2. The number of piperidine rings is 1. The molecule has 5 heteroatoms. The Bertz CT molecular complexity index is 374. The summed E-state index contributed by atoms with van der Waals surface area (Å²) in [5.74, 6) is 0.0318. The van der Waals surface area contributed by atoms with Crippen molar-refractivity contribution in [3.8, 4) is 0 Å². The van der Waals surface area contributed by atoms with E-state index in [1.807, 2.05) is 18.9 Å². The number of likely N-dealkylation sites (N-methyl/N-ethyl adjacent to an activating group) is 1. The third kappa shape index (κ3) is 2.24. The van der Waals surface area contributed by atoms with Crippen LogP contribution in [-0.4, -0.2) is 47.2 Å². The summed E-state index contributed by atoms with van der Waals surface area (Å²) in [6.45, 7) is 3.51. The summed E-state index contributed by atoms with van der Waals surface area (Å²) in [4.78, 5) is 14.0. The van der Waals surface area contributed by atoms with Crippen molar-refractivity contribution in [1.82, 2.24) is 20.4 Å². The number of hydrogen-bond acceptors (Lipinski definition) is 3. The number of rotatable bonds is 2. The van der Waals surface area contributed by atoms with E-state index >= 15 is 0 Å². The fourth-order valence-corrected chi connectivity index (χ4v) is 2.09. The molecule has 1 aliphatic heterocycles. The maximum atomic E-state index is 12.1. The summed E-state index contributed by atoms with van der Waals surface area (Å²) < 4.78 is 0. The summed E-state index contributed by atoms with van der Waals surface area (Å²) in [5, 5.41) is 10.0. The lowest BCUT2D eigenvalue weighted by atomic mass is 10.1. The quantitative estimate of drug-likeness (QED) is 0.768. The number of carbonyl (C=O) groups excluding carboxylic acids is 1. The molecule has 1 aromatic rings. The van der Waals surface area contributed by atoms with Crippen LogP contribution in [0.15, 0.2) is 6.07 Å². The van der Waals surface area contributed by atoms with Crippen LogP contribution in [0.5, 0.6) is 0 Å². The zero-order valence-corrected chi connectivity index (χ0v) is 9.79. The summed E-state index contributed by atoms with van der Waals surface area (Å²) in [6.07, 6.45) is 2.19. The lowest BCUT2D eigenvalue weighted by Gasteiger charge is -2.32. The Hall–Kier alpha value is -1.36. The van der Waals surface area contributed by atoms with Crippen molar-refractivity contribution in [2.75, 3.05) is 20.1 Å². The van der Waals surface area contributed by atoms with Gasteiger partial charge in [0, 0.05) is 24.8 Å². The molecule has 2 heterocycles. The van der Waals surface area contributed by atoms with Gasteiger partial charge in [-0.05, 0) is 32.9 Å². The Morgan fingerprint density at radius 3 is 3.12 bits per heavy atom. The van der Waals surface area contributed by atoms with Gasteiger partial charge in [0.1, 0.15) is 5.69 Å². The molecule has 16 heavy (non-hydrogen) atoms. The van der Waals surface area contributed by atoms with Gasteiger partial charge >= 0.3 is 0 Å². The molecule has 1 saturated heterocycles. The molecule has 5 nitrogen and oxygen atoms in total. The first-order valence-corrected chi connectivity index (χ1v) is 5.69. The molecule has 0 saturated carbocycles. The van der Waals surface area contributed by atoms with Gasteiger partial charge in [0.15, 0.2) is 0 Å². The van der Waals surface area contributed by atoms with Gasteiger partial charge in [-0.15, -0.1) is 0 Å². The van der Waals surface area contributed by atoms with Crippen LogP contribution < -0.4 is 5.32 Å².